The van der Waals surface area contributed by atoms with Crippen LogP contribution in [0, 0.1) is 5.92 Å². The van der Waals surface area contributed by atoms with Gasteiger partial charge in [-0.05, 0) is 44.9 Å². The molecule has 1 unspecified atom stereocenters. The van der Waals surface area contributed by atoms with E-state index in [0.717, 1.165) is 12.3 Å². The summed E-state index contributed by atoms with van der Waals surface area (Å²) in [5.41, 5.74) is 6.50. The van der Waals surface area contributed by atoms with Crippen LogP contribution in [-0.4, -0.2) is 18.8 Å². The Morgan fingerprint density at radius 3 is 2.50 bits per heavy atom. The quantitative estimate of drug-likeness (QED) is 0.754. The third-order valence-corrected chi connectivity index (χ3v) is 4.16. The zero-order valence-electron chi connectivity index (χ0n) is 11.3. The van der Waals surface area contributed by atoms with E-state index >= 15 is 0 Å². The van der Waals surface area contributed by atoms with Gasteiger partial charge in [-0.25, -0.2) is 0 Å². The van der Waals surface area contributed by atoms with Crippen LogP contribution in [0.15, 0.2) is 0 Å². The summed E-state index contributed by atoms with van der Waals surface area (Å²) >= 11 is 0. The molecule has 1 rings (SSSR count). The average Bonchev–Trinajstić information content (AvgIpc) is 2.28. The van der Waals surface area contributed by atoms with Crippen molar-refractivity contribution in [1.82, 2.24) is 0 Å². The highest BCUT2D eigenvalue weighted by atomic mass is 16.5. The molecule has 0 aromatic heterocycles. The maximum Gasteiger partial charge on any atom is 0.0560 e. The van der Waals surface area contributed by atoms with Crippen molar-refractivity contribution in [1.29, 1.82) is 0 Å². The molecule has 16 heavy (non-hydrogen) atoms. The highest BCUT2D eigenvalue weighted by Crippen LogP contribution is 2.35. The lowest BCUT2D eigenvalue weighted by Crippen LogP contribution is -2.45. The van der Waals surface area contributed by atoms with Crippen LogP contribution in [0.1, 0.15) is 65.2 Å². The number of hydrogen-bond acceptors (Lipinski definition) is 2. The van der Waals surface area contributed by atoms with Crippen molar-refractivity contribution >= 4 is 0 Å². The number of nitrogens with two attached hydrogens (primary N) is 1. The molecule has 0 radical (unpaired) electrons. The fourth-order valence-corrected chi connectivity index (χ4v) is 2.89. The first-order chi connectivity index (χ1) is 7.59. The van der Waals surface area contributed by atoms with Crippen LogP contribution < -0.4 is 5.73 Å². The molecule has 1 aliphatic rings. The van der Waals surface area contributed by atoms with Gasteiger partial charge in [-0.15, -0.1) is 0 Å². The van der Waals surface area contributed by atoms with Crippen LogP contribution in [0.25, 0.3) is 0 Å². The molecule has 1 aliphatic carbocycles. The van der Waals surface area contributed by atoms with E-state index < -0.39 is 0 Å². The van der Waals surface area contributed by atoms with Crippen LogP contribution in [0.5, 0.6) is 0 Å². The molecule has 0 bridgehead atoms. The van der Waals surface area contributed by atoms with Crippen molar-refractivity contribution in [2.75, 3.05) is 7.11 Å². The van der Waals surface area contributed by atoms with Gasteiger partial charge in [-0.3, -0.25) is 0 Å². The first-order valence-corrected chi connectivity index (χ1v) is 6.91. The second-order valence-electron chi connectivity index (χ2n) is 5.70. The second-order valence-corrected chi connectivity index (χ2v) is 5.70. The zero-order valence-corrected chi connectivity index (χ0v) is 11.3. The third-order valence-electron chi connectivity index (χ3n) is 4.16. The highest BCUT2D eigenvalue weighted by molar-refractivity contribution is 4.91. The minimum absolute atomic E-state index is 0.0537. The van der Waals surface area contributed by atoms with Gasteiger partial charge in [0.05, 0.1) is 6.10 Å². The Morgan fingerprint density at radius 2 is 2.00 bits per heavy atom. The molecule has 1 atom stereocenters. The summed E-state index contributed by atoms with van der Waals surface area (Å²) in [5, 5.41) is 0. The molecule has 0 aromatic rings. The van der Waals surface area contributed by atoms with Crippen molar-refractivity contribution in [2.24, 2.45) is 11.7 Å². The number of rotatable bonds is 6. The largest absolute Gasteiger partial charge is 0.382 e. The Balaban J connectivity index is 2.29. The molecule has 0 amide bonds. The second kappa shape index (κ2) is 6.61. The number of ether oxygens (including phenoxy) is 1. The van der Waals surface area contributed by atoms with Crippen LogP contribution >= 0.6 is 0 Å². The first-order valence-electron chi connectivity index (χ1n) is 6.91. The first kappa shape index (κ1) is 14.0. The van der Waals surface area contributed by atoms with Gasteiger partial charge in [0.2, 0.25) is 0 Å². The van der Waals surface area contributed by atoms with Crippen molar-refractivity contribution < 1.29 is 4.74 Å². The molecule has 0 aliphatic heterocycles. The van der Waals surface area contributed by atoms with E-state index in [1.807, 2.05) is 0 Å². The van der Waals surface area contributed by atoms with E-state index in [2.05, 4.69) is 13.8 Å². The van der Waals surface area contributed by atoms with Crippen LogP contribution in [0.4, 0.5) is 0 Å². The van der Waals surface area contributed by atoms with Crippen molar-refractivity contribution in [3.05, 3.63) is 0 Å². The topological polar surface area (TPSA) is 35.2 Å². The van der Waals surface area contributed by atoms with E-state index in [1.54, 1.807) is 7.11 Å². The Kier molecular flexibility index (Phi) is 5.77. The van der Waals surface area contributed by atoms with Gasteiger partial charge in [0.25, 0.3) is 0 Å². The average molecular weight is 227 g/mol. The standard InChI is InChI=1S/C14H29NO/c1-4-5-6-13-7-9-14(15,10-8-13)11-12(2)16-3/h12-13H,4-11,15H2,1-3H3. The van der Waals surface area contributed by atoms with Gasteiger partial charge in [-0.1, -0.05) is 26.2 Å². The molecule has 2 N–H and O–H groups in total. The number of unbranched alkanes of at least 4 members (excludes halogenated alkanes) is 1. The maximum absolute atomic E-state index is 6.45. The monoisotopic (exact) mass is 227 g/mol. The Bertz CT molecular complexity index is 185. The predicted molar refractivity (Wildman–Crippen MR) is 69.5 cm³/mol. The molecular weight excluding hydrogens is 198 g/mol. The Morgan fingerprint density at radius 1 is 1.38 bits per heavy atom. The van der Waals surface area contributed by atoms with Crippen LogP contribution in [0.2, 0.25) is 0 Å². The van der Waals surface area contributed by atoms with Gasteiger partial charge in [0, 0.05) is 12.6 Å². The third kappa shape index (κ3) is 4.42. The van der Waals surface area contributed by atoms with E-state index in [1.165, 1.54) is 44.9 Å². The fraction of sp³-hybridized carbons (Fsp3) is 1.00. The van der Waals surface area contributed by atoms with E-state index in [4.69, 9.17) is 10.5 Å². The molecule has 0 saturated heterocycles. The van der Waals surface area contributed by atoms with E-state index in [-0.39, 0.29) is 5.54 Å². The minimum Gasteiger partial charge on any atom is -0.382 e. The van der Waals surface area contributed by atoms with E-state index in [9.17, 15) is 0 Å². The lowest BCUT2D eigenvalue weighted by molar-refractivity contribution is 0.0721. The molecule has 1 saturated carbocycles. The van der Waals surface area contributed by atoms with Crippen LogP contribution in [0.3, 0.4) is 0 Å². The molecule has 96 valence electrons. The smallest absolute Gasteiger partial charge is 0.0560 e. The summed E-state index contributed by atoms with van der Waals surface area (Å²) in [6.45, 7) is 4.40. The van der Waals surface area contributed by atoms with Gasteiger partial charge < -0.3 is 10.5 Å². The molecule has 2 nitrogen and oxygen atoms in total. The van der Waals surface area contributed by atoms with Crippen molar-refractivity contribution in [3.8, 4) is 0 Å². The summed E-state index contributed by atoms with van der Waals surface area (Å²) in [6.07, 6.45) is 10.5. The molecule has 2 heteroatoms. The summed E-state index contributed by atoms with van der Waals surface area (Å²) < 4.78 is 5.33. The fourth-order valence-electron chi connectivity index (χ4n) is 2.89. The molecule has 0 aromatic carbocycles. The number of hydrogen-bond donors (Lipinski definition) is 1. The molecule has 0 spiro atoms. The Labute approximate surface area is 101 Å². The van der Waals surface area contributed by atoms with E-state index in [0.29, 0.717) is 6.10 Å². The van der Waals surface area contributed by atoms with Gasteiger partial charge in [-0.2, -0.15) is 0 Å². The highest BCUT2D eigenvalue weighted by Gasteiger charge is 2.32. The maximum atomic E-state index is 6.45. The van der Waals surface area contributed by atoms with Gasteiger partial charge in [0.15, 0.2) is 0 Å². The van der Waals surface area contributed by atoms with Crippen molar-refractivity contribution in [2.45, 2.75) is 76.9 Å². The predicted octanol–water partition coefficient (Wildman–Crippen LogP) is 3.49. The lowest BCUT2D eigenvalue weighted by Gasteiger charge is -2.38. The summed E-state index contributed by atoms with van der Waals surface area (Å²) in [4.78, 5) is 0. The summed E-state index contributed by atoms with van der Waals surface area (Å²) in [6, 6.07) is 0. The van der Waals surface area contributed by atoms with Gasteiger partial charge in [0.1, 0.15) is 0 Å². The SMILES string of the molecule is CCCCC1CCC(N)(CC(C)OC)CC1. The minimum atomic E-state index is 0.0537. The van der Waals surface area contributed by atoms with Crippen LogP contribution in [-0.2, 0) is 4.74 Å². The Hall–Kier alpha value is -0.0800. The molecule has 1 fully saturated rings. The number of methoxy groups -OCH3 is 1. The molecular formula is C14H29NO. The summed E-state index contributed by atoms with van der Waals surface area (Å²) in [7, 11) is 1.78. The normalized spacial score (nSPS) is 32.6. The molecule has 0 heterocycles. The summed E-state index contributed by atoms with van der Waals surface area (Å²) in [5.74, 6) is 0.939. The van der Waals surface area contributed by atoms with Crippen molar-refractivity contribution in [3.63, 3.8) is 0 Å². The van der Waals surface area contributed by atoms with Gasteiger partial charge >= 0.3 is 0 Å². The zero-order chi connectivity index (χ0) is 12.0. The lowest BCUT2D eigenvalue weighted by atomic mass is 9.73.